The van der Waals surface area contributed by atoms with Crippen molar-refractivity contribution >= 4 is 17.8 Å². The summed E-state index contributed by atoms with van der Waals surface area (Å²) >= 11 is 0. The highest BCUT2D eigenvalue weighted by atomic mass is 19.4. The number of carboxylic acid groups (broad SMARTS) is 1. The number of alkyl halides is 3. The molecule has 0 radical (unpaired) electrons. The fourth-order valence-electron chi connectivity index (χ4n) is 1.44. The summed E-state index contributed by atoms with van der Waals surface area (Å²) < 4.78 is 41.2. The van der Waals surface area contributed by atoms with Gasteiger partial charge in [-0.1, -0.05) is 30.3 Å². The summed E-state index contributed by atoms with van der Waals surface area (Å²) in [6.07, 6.45) is -6.24. The first-order valence-electron chi connectivity index (χ1n) is 6.00. The van der Waals surface area contributed by atoms with Gasteiger partial charge in [0.25, 0.3) is 0 Å². The first-order chi connectivity index (χ1) is 10.2. The number of carboxylic acids is 1. The van der Waals surface area contributed by atoms with E-state index in [1.807, 2.05) is 0 Å². The molecule has 0 heterocycles. The molecule has 0 saturated carbocycles. The number of esters is 1. The van der Waals surface area contributed by atoms with Gasteiger partial charge in [-0.2, -0.15) is 13.2 Å². The molecule has 1 unspecified atom stereocenters. The van der Waals surface area contributed by atoms with Gasteiger partial charge in [0.15, 0.2) is 0 Å². The summed E-state index contributed by atoms with van der Waals surface area (Å²) in [5.41, 5.74) is 0.562. The van der Waals surface area contributed by atoms with Crippen LogP contribution in [0, 0.1) is 0 Å². The quantitative estimate of drug-likeness (QED) is 0.770. The van der Waals surface area contributed by atoms with E-state index in [2.05, 4.69) is 0 Å². The molecule has 0 aromatic heterocycles. The van der Waals surface area contributed by atoms with Crippen LogP contribution in [0.5, 0.6) is 0 Å². The fourth-order valence-corrected chi connectivity index (χ4v) is 1.44. The molecule has 1 aromatic carbocycles. The van der Waals surface area contributed by atoms with Crippen LogP contribution >= 0.6 is 0 Å². The van der Waals surface area contributed by atoms with E-state index in [0.717, 1.165) is 0 Å². The van der Waals surface area contributed by atoms with Crippen LogP contribution in [0.25, 0.3) is 0 Å². The van der Waals surface area contributed by atoms with Crippen LogP contribution < -0.4 is 5.32 Å². The molecule has 0 bridgehead atoms. The van der Waals surface area contributed by atoms with Crippen molar-refractivity contribution in [3.63, 3.8) is 0 Å². The second kappa shape index (κ2) is 7.43. The van der Waals surface area contributed by atoms with E-state index >= 15 is 0 Å². The highest BCUT2D eigenvalue weighted by Gasteiger charge is 2.41. The number of nitrogens with one attached hydrogen (secondary N) is 1. The molecule has 1 amide bonds. The summed E-state index contributed by atoms with van der Waals surface area (Å²) in [6, 6.07) is 6.31. The molecular weight excluding hydrogens is 307 g/mol. The first kappa shape index (κ1) is 17.5. The Morgan fingerprint density at radius 1 is 1.18 bits per heavy atom. The van der Waals surface area contributed by atoms with Gasteiger partial charge in [-0.3, -0.25) is 9.59 Å². The number of ether oxygens (including phenoxy) is 1. The summed E-state index contributed by atoms with van der Waals surface area (Å²) in [5, 5.41) is 9.90. The standard InChI is InChI=1S/C13H12F3NO5/c14-13(15,16)12(21)17-9(6-10(18)19)11(20)22-7-8-4-2-1-3-5-8/h1-5,9H,6-7H2,(H,17,21)(H,18,19). The maximum absolute atomic E-state index is 12.1. The fraction of sp³-hybridized carbons (Fsp3) is 0.308. The van der Waals surface area contributed by atoms with Crippen molar-refractivity contribution in [3.05, 3.63) is 35.9 Å². The van der Waals surface area contributed by atoms with E-state index in [0.29, 0.717) is 5.56 Å². The van der Waals surface area contributed by atoms with Crippen LogP contribution in [-0.2, 0) is 25.7 Å². The number of hydrogen-bond donors (Lipinski definition) is 2. The van der Waals surface area contributed by atoms with Crippen LogP contribution in [0.15, 0.2) is 30.3 Å². The van der Waals surface area contributed by atoms with Crippen molar-refractivity contribution in [1.29, 1.82) is 0 Å². The summed E-state index contributed by atoms with van der Waals surface area (Å²) in [6.45, 7) is -0.252. The Labute approximate surface area is 122 Å². The average Bonchev–Trinajstić information content (AvgIpc) is 2.43. The smallest absolute Gasteiger partial charge is 0.471 e. The molecule has 1 rings (SSSR count). The predicted octanol–water partition coefficient (Wildman–Crippen LogP) is 1.25. The summed E-state index contributed by atoms with van der Waals surface area (Å²) in [4.78, 5) is 33.0. The van der Waals surface area contributed by atoms with E-state index in [-0.39, 0.29) is 6.61 Å². The van der Waals surface area contributed by atoms with Crippen LogP contribution in [-0.4, -0.2) is 35.2 Å². The second-order valence-electron chi connectivity index (χ2n) is 4.21. The molecule has 2 N–H and O–H groups in total. The van der Waals surface area contributed by atoms with E-state index in [4.69, 9.17) is 9.84 Å². The number of aliphatic carboxylic acids is 1. The average molecular weight is 319 g/mol. The van der Waals surface area contributed by atoms with Crippen molar-refractivity contribution in [1.82, 2.24) is 5.32 Å². The number of benzene rings is 1. The van der Waals surface area contributed by atoms with Crippen molar-refractivity contribution < 1.29 is 37.4 Å². The van der Waals surface area contributed by atoms with Gasteiger partial charge in [0.1, 0.15) is 12.6 Å². The molecule has 1 atom stereocenters. The lowest BCUT2D eigenvalue weighted by Gasteiger charge is -2.17. The van der Waals surface area contributed by atoms with Gasteiger partial charge in [-0.25, -0.2) is 4.79 Å². The minimum absolute atomic E-state index is 0.252. The summed E-state index contributed by atoms with van der Waals surface area (Å²) in [5.74, 6) is -5.22. The van der Waals surface area contributed by atoms with Gasteiger partial charge >= 0.3 is 24.0 Å². The van der Waals surface area contributed by atoms with E-state index in [1.165, 1.54) is 5.32 Å². The molecule has 9 heteroatoms. The minimum atomic E-state index is -5.23. The Balaban J connectivity index is 2.68. The Kier molecular flexibility index (Phi) is 5.90. The normalized spacial score (nSPS) is 12.3. The zero-order valence-corrected chi connectivity index (χ0v) is 11.1. The Bertz CT molecular complexity index is 544. The molecule has 6 nitrogen and oxygen atoms in total. The van der Waals surface area contributed by atoms with Gasteiger partial charge in [0.2, 0.25) is 0 Å². The van der Waals surface area contributed by atoms with Crippen molar-refractivity contribution in [2.45, 2.75) is 25.2 Å². The highest BCUT2D eigenvalue weighted by molar-refractivity contribution is 5.89. The lowest BCUT2D eigenvalue weighted by molar-refractivity contribution is -0.176. The zero-order valence-electron chi connectivity index (χ0n) is 11.1. The zero-order chi connectivity index (χ0) is 16.8. The monoisotopic (exact) mass is 319 g/mol. The molecule has 1 aromatic rings. The third-order valence-corrected chi connectivity index (χ3v) is 2.45. The number of carbonyl (C=O) groups is 3. The second-order valence-corrected chi connectivity index (χ2v) is 4.21. The Morgan fingerprint density at radius 3 is 2.27 bits per heavy atom. The lowest BCUT2D eigenvalue weighted by Crippen LogP contribution is -2.48. The number of halogens is 3. The predicted molar refractivity (Wildman–Crippen MR) is 66.5 cm³/mol. The van der Waals surface area contributed by atoms with Crippen molar-refractivity contribution in [3.8, 4) is 0 Å². The third kappa shape index (κ3) is 5.81. The number of carbonyl (C=O) groups excluding carboxylic acids is 2. The van der Waals surface area contributed by atoms with E-state index in [1.54, 1.807) is 30.3 Å². The van der Waals surface area contributed by atoms with Crippen molar-refractivity contribution in [2.75, 3.05) is 0 Å². The van der Waals surface area contributed by atoms with Crippen LogP contribution in [0.1, 0.15) is 12.0 Å². The van der Waals surface area contributed by atoms with Gasteiger partial charge in [0.05, 0.1) is 6.42 Å². The number of rotatable bonds is 6. The van der Waals surface area contributed by atoms with Gasteiger partial charge < -0.3 is 15.2 Å². The molecule has 0 aliphatic heterocycles. The maximum Gasteiger partial charge on any atom is 0.471 e. The molecular formula is C13H12F3NO5. The Hall–Kier alpha value is -2.58. The molecule has 0 saturated heterocycles. The first-order valence-corrected chi connectivity index (χ1v) is 6.00. The maximum atomic E-state index is 12.1. The molecule has 0 spiro atoms. The number of hydrogen-bond acceptors (Lipinski definition) is 4. The van der Waals surface area contributed by atoms with Gasteiger partial charge in [0, 0.05) is 0 Å². The molecule has 0 fully saturated rings. The SMILES string of the molecule is O=C(O)CC(NC(=O)C(F)(F)F)C(=O)OCc1ccccc1. The Morgan fingerprint density at radius 2 is 1.77 bits per heavy atom. The van der Waals surface area contributed by atoms with Crippen LogP contribution in [0.4, 0.5) is 13.2 Å². The molecule has 120 valence electrons. The number of amides is 1. The topological polar surface area (TPSA) is 92.7 Å². The molecule has 0 aliphatic carbocycles. The minimum Gasteiger partial charge on any atom is -0.481 e. The van der Waals surface area contributed by atoms with Crippen LogP contribution in [0.2, 0.25) is 0 Å². The van der Waals surface area contributed by atoms with Crippen LogP contribution in [0.3, 0.4) is 0 Å². The molecule has 22 heavy (non-hydrogen) atoms. The van der Waals surface area contributed by atoms with E-state index < -0.39 is 36.5 Å². The van der Waals surface area contributed by atoms with Gasteiger partial charge in [-0.15, -0.1) is 0 Å². The molecule has 0 aliphatic rings. The van der Waals surface area contributed by atoms with Crippen molar-refractivity contribution in [2.24, 2.45) is 0 Å². The summed E-state index contributed by atoms with van der Waals surface area (Å²) in [7, 11) is 0. The lowest BCUT2D eigenvalue weighted by atomic mass is 10.2. The van der Waals surface area contributed by atoms with E-state index in [9.17, 15) is 27.6 Å². The largest absolute Gasteiger partial charge is 0.481 e. The third-order valence-electron chi connectivity index (χ3n) is 2.45. The van der Waals surface area contributed by atoms with Gasteiger partial charge in [-0.05, 0) is 5.56 Å². The highest BCUT2D eigenvalue weighted by Crippen LogP contribution is 2.15.